The van der Waals surface area contributed by atoms with E-state index in [2.05, 4.69) is 31.0 Å². The molecule has 0 aliphatic carbocycles. The fraction of sp³-hybridized carbons (Fsp3) is 0.182. The first-order valence-electron chi connectivity index (χ1n) is 8.83. The summed E-state index contributed by atoms with van der Waals surface area (Å²) in [5.41, 5.74) is 4.65. The molecule has 4 aromatic rings. The first-order chi connectivity index (χ1) is 13.0. The smallest absolute Gasteiger partial charge is 0.227 e. The van der Waals surface area contributed by atoms with Crippen molar-refractivity contribution in [3.63, 3.8) is 0 Å². The van der Waals surface area contributed by atoms with Crippen LogP contribution in [0.3, 0.4) is 0 Å². The summed E-state index contributed by atoms with van der Waals surface area (Å²) in [7, 11) is 0. The quantitative estimate of drug-likeness (QED) is 0.478. The van der Waals surface area contributed by atoms with Crippen molar-refractivity contribution in [2.24, 2.45) is 0 Å². The van der Waals surface area contributed by atoms with E-state index in [-0.39, 0.29) is 18.2 Å². The van der Waals surface area contributed by atoms with Crippen molar-refractivity contribution < 1.29 is 25.8 Å². The van der Waals surface area contributed by atoms with E-state index in [4.69, 9.17) is 16.0 Å². The highest BCUT2D eigenvalue weighted by Gasteiger charge is 2.13. The maximum Gasteiger partial charge on any atom is 0.227 e. The van der Waals surface area contributed by atoms with Gasteiger partial charge in [0.05, 0.1) is 5.02 Å². The molecule has 0 aliphatic rings. The summed E-state index contributed by atoms with van der Waals surface area (Å²) < 4.78 is 21.0. The van der Waals surface area contributed by atoms with Gasteiger partial charge < -0.3 is 16.8 Å². The number of halogens is 3. The van der Waals surface area contributed by atoms with E-state index in [1.807, 2.05) is 35.2 Å². The first-order valence-corrected chi connectivity index (χ1v) is 9.21. The van der Waals surface area contributed by atoms with Crippen LogP contribution in [-0.2, 0) is 6.54 Å². The van der Waals surface area contributed by atoms with Crippen molar-refractivity contribution >= 4 is 22.7 Å². The number of fused-ring (bicyclic) bond motifs is 1. The topological polar surface area (TPSA) is 29.9 Å². The van der Waals surface area contributed by atoms with Gasteiger partial charge in [0.2, 0.25) is 5.89 Å². The molecule has 0 amide bonds. The van der Waals surface area contributed by atoms with Gasteiger partial charge in [-0.05, 0) is 41.8 Å². The Labute approximate surface area is 174 Å². The fourth-order valence-corrected chi connectivity index (χ4v) is 3.21. The average molecular weight is 417 g/mol. The van der Waals surface area contributed by atoms with Gasteiger partial charge in [-0.2, -0.15) is 0 Å². The molecule has 0 saturated carbocycles. The number of pyridine rings is 1. The molecular weight excluding hydrogens is 398 g/mol. The molecule has 0 aliphatic heterocycles. The number of aromatic nitrogens is 2. The summed E-state index contributed by atoms with van der Waals surface area (Å²) in [6.45, 7) is 4.88. The molecule has 0 atom stereocenters. The first kappa shape index (κ1) is 20.3. The summed E-state index contributed by atoms with van der Waals surface area (Å²) in [5.74, 6) is 0.710. The SMILES string of the molecule is CC(C)c1ccc2oc(-c3cc[n+](Cc4ccc(F)cc4Cl)cc3)nc2c1.[Cl-]. The minimum atomic E-state index is -0.333. The molecule has 2 heterocycles. The van der Waals surface area contributed by atoms with Gasteiger partial charge in [0.1, 0.15) is 11.3 Å². The zero-order valence-electron chi connectivity index (χ0n) is 15.5. The Balaban J connectivity index is 0.00000225. The van der Waals surface area contributed by atoms with Gasteiger partial charge in [-0.3, -0.25) is 0 Å². The van der Waals surface area contributed by atoms with Gasteiger partial charge in [0.25, 0.3) is 0 Å². The van der Waals surface area contributed by atoms with Crippen LogP contribution in [0.25, 0.3) is 22.6 Å². The summed E-state index contributed by atoms with van der Waals surface area (Å²) >= 11 is 6.11. The zero-order valence-corrected chi connectivity index (χ0v) is 17.0. The normalized spacial score (nSPS) is 11.0. The number of rotatable bonds is 4. The zero-order chi connectivity index (χ0) is 19.0. The van der Waals surface area contributed by atoms with Crippen LogP contribution in [0.5, 0.6) is 0 Å². The lowest BCUT2D eigenvalue weighted by Gasteiger charge is -2.02. The minimum absolute atomic E-state index is 0. The Bertz CT molecular complexity index is 1110. The Hall–Kier alpha value is -2.43. The lowest BCUT2D eigenvalue weighted by molar-refractivity contribution is -0.688. The fourth-order valence-electron chi connectivity index (χ4n) is 2.98. The van der Waals surface area contributed by atoms with E-state index in [0.717, 1.165) is 22.2 Å². The molecule has 0 bridgehead atoms. The Morgan fingerprint density at radius 3 is 2.50 bits per heavy atom. The van der Waals surface area contributed by atoms with Gasteiger partial charge in [-0.15, -0.1) is 0 Å². The Morgan fingerprint density at radius 2 is 1.82 bits per heavy atom. The third-order valence-electron chi connectivity index (χ3n) is 4.58. The second-order valence-corrected chi connectivity index (χ2v) is 7.30. The van der Waals surface area contributed by atoms with Gasteiger partial charge in [-0.1, -0.05) is 31.5 Å². The lowest BCUT2D eigenvalue weighted by atomic mass is 10.0. The monoisotopic (exact) mass is 416 g/mol. The van der Waals surface area contributed by atoms with Crippen LogP contribution in [0.4, 0.5) is 4.39 Å². The van der Waals surface area contributed by atoms with Crippen LogP contribution < -0.4 is 17.0 Å². The molecule has 0 spiro atoms. The van der Waals surface area contributed by atoms with Gasteiger partial charge in [0.15, 0.2) is 24.5 Å². The van der Waals surface area contributed by atoms with Gasteiger partial charge in [-0.25, -0.2) is 13.9 Å². The molecule has 2 aromatic carbocycles. The molecule has 28 heavy (non-hydrogen) atoms. The van der Waals surface area contributed by atoms with E-state index in [9.17, 15) is 4.39 Å². The van der Waals surface area contributed by atoms with Crippen molar-refractivity contribution in [3.05, 3.63) is 82.9 Å². The third-order valence-corrected chi connectivity index (χ3v) is 4.94. The number of nitrogens with zero attached hydrogens (tertiary/aromatic N) is 2. The maximum atomic E-state index is 13.2. The number of benzene rings is 2. The van der Waals surface area contributed by atoms with Crippen molar-refractivity contribution in [2.45, 2.75) is 26.3 Å². The molecule has 144 valence electrons. The van der Waals surface area contributed by atoms with E-state index in [0.29, 0.717) is 23.4 Å². The van der Waals surface area contributed by atoms with Crippen LogP contribution in [-0.4, -0.2) is 4.98 Å². The number of hydrogen-bond acceptors (Lipinski definition) is 2. The second kappa shape index (κ2) is 8.29. The van der Waals surface area contributed by atoms with Crippen LogP contribution >= 0.6 is 11.6 Å². The Morgan fingerprint density at radius 1 is 1.07 bits per heavy atom. The van der Waals surface area contributed by atoms with Crippen molar-refractivity contribution in [1.29, 1.82) is 0 Å². The molecule has 2 aromatic heterocycles. The third kappa shape index (κ3) is 4.18. The average Bonchev–Trinajstić information content (AvgIpc) is 3.08. The Kier molecular flexibility index (Phi) is 6.01. The number of oxazole rings is 1. The van der Waals surface area contributed by atoms with Gasteiger partial charge in [0, 0.05) is 23.3 Å². The summed E-state index contributed by atoms with van der Waals surface area (Å²) in [6, 6.07) is 14.5. The van der Waals surface area contributed by atoms with Crippen molar-refractivity contribution in [1.82, 2.24) is 4.98 Å². The van der Waals surface area contributed by atoms with E-state index in [1.54, 1.807) is 6.07 Å². The highest BCUT2D eigenvalue weighted by atomic mass is 35.5. The van der Waals surface area contributed by atoms with Gasteiger partial charge >= 0.3 is 0 Å². The predicted molar refractivity (Wildman–Crippen MR) is 104 cm³/mol. The van der Waals surface area contributed by atoms with E-state index < -0.39 is 0 Å². The molecule has 4 rings (SSSR count). The standard InChI is InChI=1S/C22H19ClFN2O.ClH/c1-14(2)16-4-6-21-20(11-16)25-22(27-21)15-7-9-26(10-8-15)13-17-3-5-18(24)12-19(17)23;/h3-12,14H,13H2,1-2H3;1H/q+1;/p-1. The van der Waals surface area contributed by atoms with E-state index in [1.165, 1.54) is 17.7 Å². The van der Waals surface area contributed by atoms with Crippen LogP contribution in [0.15, 0.2) is 65.3 Å². The van der Waals surface area contributed by atoms with Crippen LogP contribution in [0.1, 0.15) is 30.9 Å². The molecule has 0 radical (unpaired) electrons. The summed E-state index contributed by atoms with van der Waals surface area (Å²) in [4.78, 5) is 4.62. The molecule has 0 fully saturated rings. The molecule has 0 N–H and O–H groups in total. The van der Waals surface area contributed by atoms with Crippen LogP contribution in [0, 0.1) is 5.82 Å². The second-order valence-electron chi connectivity index (χ2n) is 6.90. The molecular formula is C22H19Cl2FN2O. The van der Waals surface area contributed by atoms with Crippen LogP contribution in [0.2, 0.25) is 5.02 Å². The molecule has 3 nitrogen and oxygen atoms in total. The summed E-state index contributed by atoms with van der Waals surface area (Å²) in [5, 5.41) is 0.423. The summed E-state index contributed by atoms with van der Waals surface area (Å²) in [6.07, 6.45) is 3.87. The predicted octanol–water partition coefficient (Wildman–Crippen LogP) is 2.75. The minimum Gasteiger partial charge on any atom is -1.00 e. The molecule has 6 heteroatoms. The highest BCUT2D eigenvalue weighted by molar-refractivity contribution is 6.31. The van der Waals surface area contributed by atoms with E-state index >= 15 is 0 Å². The van der Waals surface area contributed by atoms with Crippen molar-refractivity contribution in [3.8, 4) is 11.5 Å². The lowest BCUT2D eigenvalue weighted by Crippen LogP contribution is -3.00. The molecule has 0 saturated heterocycles. The van der Waals surface area contributed by atoms with Crippen molar-refractivity contribution in [2.75, 3.05) is 0 Å². The number of hydrogen-bond donors (Lipinski definition) is 0. The highest BCUT2D eigenvalue weighted by Crippen LogP contribution is 2.26. The largest absolute Gasteiger partial charge is 1.00 e. The molecule has 0 unspecified atom stereocenters. The maximum absolute atomic E-state index is 13.2.